The summed E-state index contributed by atoms with van der Waals surface area (Å²) in [5.74, 6) is 0. The minimum atomic E-state index is -1.05. The monoisotopic (exact) mass is 700 g/mol. The quantitative estimate of drug-likeness (QED) is 0.0412. The topological polar surface area (TPSA) is 198 Å². The molecule has 0 saturated carbocycles. The second-order valence-electron chi connectivity index (χ2n) is 11.1. The highest BCUT2D eigenvalue weighted by Gasteiger charge is 2.19. The number of aliphatic hydroxyl groups excluding tert-OH is 4. The number of hydrogen-bond donors (Lipinski definition) is 4. The molecule has 48 heavy (non-hydrogen) atoms. The molecule has 0 fully saturated rings. The molecule has 282 valence electrons. The van der Waals surface area contributed by atoms with Crippen LogP contribution in [0.15, 0.2) is 48.6 Å². The summed E-state index contributed by atoms with van der Waals surface area (Å²) < 4.78 is 21.1. The average Bonchev–Trinajstić information content (AvgIpc) is 2.98. The fourth-order valence-corrected chi connectivity index (χ4v) is 2.68. The molecule has 0 aromatic rings. The van der Waals surface area contributed by atoms with Crippen LogP contribution in [0.2, 0.25) is 0 Å². The summed E-state index contributed by atoms with van der Waals surface area (Å²) in [7, 11) is 0. The van der Waals surface area contributed by atoms with Crippen molar-refractivity contribution in [1.82, 2.24) is 10.5 Å². The van der Waals surface area contributed by atoms with E-state index in [0.717, 1.165) is 22.3 Å². The molecule has 0 spiro atoms. The predicted molar refractivity (Wildman–Crippen MR) is 168 cm³/mol. The Morgan fingerprint density at radius 3 is 0.812 bits per heavy atom. The first-order valence-corrected chi connectivity index (χ1v) is 15.1. The van der Waals surface area contributed by atoms with Gasteiger partial charge >= 0.3 is 0 Å². The molecule has 0 aromatic heterocycles. The molecule has 0 amide bonds. The van der Waals surface area contributed by atoms with E-state index in [2.05, 4.69) is 26.3 Å². The van der Waals surface area contributed by atoms with Crippen LogP contribution in [-0.4, -0.2) is 148 Å². The van der Waals surface area contributed by atoms with Gasteiger partial charge in [0.2, 0.25) is 0 Å². The molecule has 0 aromatic carbocycles. The maximum atomic E-state index is 10.1. The van der Waals surface area contributed by atoms with Gasteiger partial charge in [-0.25, -0.2) is 19.6 Å². The minimum absolute atomic E-state index is 0.0533. The van der Waals surface area contributed by atoms with Gasteiger partial charge in [-0.05, 0) is 27.7 Å². The van der Waals surface area contributed by atoms with E-state index in [-0.39, 0.29) is 92.4 Å². The Labute approximate surface area is 282 Å². The summed E-state index contributed by atoms with van der Waals surface area (Å²) in [6, 6.07) is 0. The highest BCUT2D eigenvalue weighted by Crippen LogP contribution is 2.04. The lowest BCUT2D eigenvalue weighted by Gasteiger charge is -2.23. The number of rotatable bonds is 35. The highest BCUT2D eigenvalue weighted by molar-refractivity contribution is 4.88. The van der Waals surface area contributed by atoms with Crippen molar-refractivity contribution in [1.29, 1.82) is 0 Å². The fraction of sp³-hybridized carbons (Fsp3) is 0.733. The molecule has 18 heteroatoms. The normalized spacial score (nSPS) is 14.3. The Bertz CT molecular complexity index is 735. The van der Waals surface area contributed by atoms with Gasteiger partial charge in [-0.3, -0.25) is 0 Å². The van der Waals surface area contributed by atoms with E-state index in [1.165, 1.54) is 0 Å². The number of hydroxylamine groups is 4. The largest absolute Gasteiger partial charge is 0.388 e. The van der Waals surface area contributed by atoms with Gasteiger partial charge in [0.25, 0.3) is 0 Å². The Kier molecular flexibility index (Phi) is 29.0. The van der Waals surface area contributed by atoms with Crippen LogP contribution in [0.1, 0.15) is 27.7 Å². The SMILES string of the molecule is C=C(C)COCC(O)COON(CCN(OOCC(O)COCC(=C)C)OOCC(O)COCC(=C)C)OOCC(O)COCC(=C)C. The van der Waals surface area contributed by atoms with E-state index >= 15 is 0 Å². The number of ether oxygens (including phenoxy) is 4. The molecule has 0 rings (SSSR count). The van der Waals surface area contributed by atoms with Gasteiger partial charge in [0.05, 0.1) is 65.9 Å². The molecule has 0 aliphatic carbocycles. The summed E-state index contributed by atoms with van der Waals surface area (Å²) in [4.78, 5) is 40.4. The zero-order valence-electron chi connectivity index (χ0n) is 28.6. The maximum Gasteiger partial charge on any atom is 0.112 e. The second kappa shape index (κ2) is 30.1. The Hall–Kier alpha value is -1.76. The van der Waals surface area contributed by atoms with Gasteiger partial charge in [0, 0.05) is 10.5 Å². The molecule has 18 nitrogen and oxygen atoms in total. The molecule has 0 bridgehead atoms. The standard InChI is InChI=1S/C30H56N2O16/c1-23(2)11-37-15-27(33)19-41-45-31(46-42-20-28(34)16-38-12-24(3)4)9-10-32(47-43-21-29(35)17-39-13-25(5)6)48-44-22-30(36)18-40-14-26(7)8/h27-30,33-36H,1,3,5,7,9-22H2,2,4,6,8H3. The van der Waals surface area contributed by atoms with E-state index in [0.29, 0.717) is 10.5 Å². The van der Waals surface area contributed by atoms with E-state index in [1.807, 2.05) is 0 Å². The first-order chi connectivity index (χ1) is 22.8. The van der Waals surface area contributed by atoms with E-state index in [4.69, 9.17) is 58.5 Å². The van der Waals surface area contributed by atoms with Crippen molar-refractivity contribution in [2.45, 2.75) is 52.1 Å². The van der Waals surface area contributed by atoms with Crippen molar-refractivity contribution in [2.24, 2.45) is 0 Å². The molecule has 0 aliphatic heterocycles. The first-order valence-electron chi connectivity index (χ1n) is 15.1. The third kappa shape index (κ3) is 31.5. The van der Waals surface area contributed by atoms with Crippen molar-refractivity contribution in [2.75, 3.05) is 92.4 Å². The third-order valence-corrected chi connectivity index (χ3v) is 4.69. The minimum Gasteiger partial charge on any atom is -0.388 e. The smallest absolute Gasteiger partial charge is 0.112 e. The van der Waals surface area contributed by atoms with Gasteiger partial charge in [-0.15, -0.1) is 20.0 Å². The van der Waals surface area contributed by atoms with Gasteiger partial charge in [0.15, 0.2) is 0 Å². The Morgan fingerprint density at radius 2 is 0.625 bits per heavy atom. The fourth-order valence-electron chi connectivity index (χ4n) is 2.68. The third-order valence-electron chi connectivity index (χ3n) is 4.69. The zero-order valence-corrected chi connectivity index (χ0v) is 28.6. The average molecular weight is 701 g/mol. The van der Waals surface area contributed by atoms with Gasteiger partial charge in [-0.2, -0.15) is 0 Å². The van der Waals surface area contributed by atoms with Gasteiger partial charge in [0.1, 0.15) is 50.8 Å². The molecule has 0 saturated heterocycles. The van der Waals surface area contributed by atoms with Crippen molar-refractivity contribution in [3.05, 3.63) is 48.6 Å². The molecule has 4 N–H and O–H groups in total. The zero-order chi connectivity index (χ0) is 36.2. The Balaban J connectivity index is 5.14. The van der Waals surface area contributed by atoms with Crippen molar-refractivity contribution >= 4 is 0 Å². The predicted octanol–water partition coefficient (Wildman–Crippen LogP) is 0.858. The lowest BCUT2D eigenvalue weighted by atomic mass is 10.4. The molecular formula is C30H56N2O16. The van der Waals surface area contributed by atoms with Gasteiger partial charge < -0.3 is 39.4 Å². The molecular weight excluding hydrogens is 644 g/mol. The summed E-state index contributed by atoms with van der Waals surface area (Å²) in [6.45, 7) is 20.9. The number of nitrogens with zero attached hydrogens (tertiary/aromatic N) is 2. The van der Waals surface area contributed by atoms with Crippen molar-refractivity contribution in [3.8, 4) is 0 Å². The molecule has 4 atom stereocenters. The molecule has 0 radical (unpaired) electrons. The molecule has 4 unspecified atom stereocenters. The lowest BCUT2D eigenvalue weighted by Crippen LogP contribution is -2.38. The molecule has 0 heterocycles. The van der Waals surface area contributed by atoms with Crippen LogP contribution >= 0.6 is 0 Å². The van der Waals surface area contributed by atoms with Crippen molar-refractivity contribution < 1.29 is 78.9 Å². The van der Waals surface area contributed by atoms with Gasteiger partial charge in [-0.1, -0.05) is 48.6 Å². The van der Waals surface area contributed by atoms with Crippen LogP contribution in [0, 0.1) is 0 Å². The first kappa shape index (κ1) is 46.2. The summed E-state index contributed by atoms with van der Waals surface area (Å²) >= 11 is 0. The van der Waals surface area contributed by atoms with Crippen LogP contribution in [0.4, 0.5) is 0 Å². The van der Waals surface area contributed by atoms with E-state index < -0.39 is 24.4 Å². The van der Waals surface area contributed by atoms with Crippen LogP contribution in [-0.2, 0) is 58.5 Å². The number of aliphatic hydroxyl groups is 4. The van der Waals surface area contributed by atoms with E-state index in [9.17, 15) is 20.4 Å². The maximum absolute atomic E-state index is 10.1. The van der Waals surface area contributed by atoms with Crippen LogP contribution in [0.3, 0.4) is 0 Å². The summed E-state index contributed by atoms with van der Waals surface area (Å²) in [5.41, 5.74) is 3.12. The Morgan fingerprint density at radius 1 is 0.417 bits per heavy atom. The number of hydrogen-bond acceptors (Lipinski definition) is 18. The summed E-state index contributed by atoms with van der Waals surface area (Å²) in [5, 5.41) is 41.6. The summed E-state index contributed by atoms with van der Waals surface area (Å²) in [6.07, 6.45) is -4.22. The second-order valence-corrected chi connectivity index (χ2v) is 11.1. The van der Waals surface area contributed by atoms with Crippen LogP contribution in [0.5, 0.6) is 0 Å². The van der Waals surface area contributed by atoms with Crippen molar-refractivity contribution in [3.63, 3.8) is 0 Å². The van der Waals surface area contributed by atoms with Crippen LogP contribution < -0.4 is 0 Å². The molecule has 0 aliphatic rings. The van der Waals surface area contributed by atoms with E-state index in [1.54, 1.807) is 27.7 Å². The van der Waals surface area contributed by atoms with Crippen LogP contribution in [0.25, 0.3) is 0 Å². The lowest BCUT2D eigenvalue weighted by molar-refractivity contribution is -0.623. The highest BCUT2D eigenvalue weighted by atomic mass is 17.4.